The van der Waals surface area contributed by atoms with Crippen molar-refractivity contribution < 1.29 is 24.3 Å². The number of benzene rings is 1. The molecule has 0 saturated carbocycles. The van der Waals surface area contributed by atoms with Gasteiger partial charge in [0.25, 0.3) is 0 Å². The van der Waals surface area contributed by atoms with Crippen LogP contribution in [0.15, 0.2) is 30.3 Å². The first-order valence-electron chi connectivity index (χ1n) is 9.55. The third kappa shape index (κ3) is 8.30. The second-order valence-corrected chi connectivity index (χ2v) is 7.03. The van der Waals surface area contributed by atoms with E-state index in [2.05, 4.69) is 16.0 Å². The number of amides is 3. The summed E-state index contributed by atoms with van der Waals surface area (Å²) in [6, 6.07) is 6.19. The van der Waals surface area contributed by atoms with Crippen molar-refractivity contribution in [2.24, 2.45) is 11.7 Å². The molecule has 0 aliphatic rings. The lowest BCUT2D eigenvalue weighted by molar-refractivity contribution is -0.143. The Morgan fingerprint density at radius 1 is 1.03 bits per heavy atom. The van der Waals surface area contributed by atoms with E-state index in [0.29, 0.717) is 6.42 Å². The molecule has 0 bridgehead atoms. The molecular formula is C20H30N4O5. The SMILES string of the molecule is CC[C@H](C)[C@H](NC(=O)[C@H](Cc1ccccc1)NC(=O)CNC(=O)[C@@H](C)N)C(=O)O. The predicted octanol–water partition coefficient (Wildman–Crippen LogP) is -0.207. The molecule has 1 aromatic carbocycles. The molecule has 9 nitrogen and oxygen atoms in total. The minimum Gasteiger partial charge on any atom is -0.480 e. The van der Waals surface area contributed by atoms with Gasteiger partial charge in [-0.2, -0.15) is 0 Å². The van der Waals surface area contributed by atoms with E-state index >= 15 is 0 Å². The van der Waals surface area contributed by atoms with Gasteiger partial charge in [0.05, 0.1) is 12.6 Å². The number of nitrogens with two attached hydrogens (primary N) is 1. The van der Waals surface area contributed by atoms with E-state index in [1.807, 2.05) is 13.0 Å². The summed E-state index contributed by atoms with van der Waals surface area (Å²) in [4.78, 5) is 48.0. The summed E-state index contributed by atoms with van der Waals surface area (Å²) in [7, 11) is 0. The van der Waals surface area contributed by atoms with Crippen molar-refractivity contribution in [1.29, 1.82) is 0 Å². The molecule has 0 saturated heterocycles. The first-order chi connectivity index (χ1) is 13.6. The Bertz CT molecular complexity index is 708. The number of hydrogen-bond acceptors (Lipinski definition) is 5. The van der Waals surface area contributed by atoms with Crippen LogP contribution in [0.2, 0.25) is 0 Å². The van der Waals surface area contributed by atoms with Crippen LogP contribution in [0, 0.1) is 5.92 Å². The van der Waals surface area contributed by atoms with Gasteiger partial charge in [0, 0.05) is 6.42 Å². The van der Waals surface area contributed by atoms with E-state index in [-0.39, 0.29) is 18.9 Å². The molecule has 1 aromatic rings. The summed E-state index contributed by atoms with van der Waals surface area (Å²) in [6.45, 7) is 4.71. The molecule has 0 unspecified atom stereocenters. The maximum atomic E-state index is 12.8. The van der Waals surface area contributed by atoms with E-state index in [1.54, 1.807) is 31.2 Å². The van der Waals surface area contributed by atoms with Crippen LogP contribution in [0.4, 0.5) is 0 Å². The van der Waals surface area contributed by atoms with Gasteiger partial charge < -0.3 is 26.8 Å². The Morgan fingerprint density at radius 3 is 2.17 bits per heavy atom. The number of aliphatic carboxylic acids is 1. The number of carboxylic acids is 1. The van der Waals surface area contributed by atoms with Crippen LogP contribution in [0.5, 0.6) is 0 Å². The van der Waals surface area contributed by atoms with E-state index in [4.69, 9.17) is 5.73 Å². The van der Waals surface area contributed by atoms with Crippen LogP contribution in [-0.2, 0) is 25.6 Å². The summed E-state index contributed by atoms with van der Waals surface area (Å²) in [5, 5.41) is 16.9. The van der Waals surface area contributed by atoms with E-state index in [0.717, 1.165) is 5.56 Å². The molecule has 6 N–H and O–H groups in total. The van der Waals surface area contributed by atoms with Crippen LogP contribution >= 0.6 is 0 Å². The largest absolute Gasteiger partial charge is 0.480 e. The highest BCUT2D eigenvalue weighted by atomic mass is 16.4. The first kappa shape index (κ1) is 24.1. The molecule has 0 aliphatic heterocycles. The number of rotatable bonds is 11. The van der Waals surface area contributed by atoms with Gasteiger partial charge in [-0.1, -0.05) is 50.6 Å². The Balaban J connectivity index is 2.89. The van der Waals surface area contributed by atoms with Gasteiger partial charge in [0.15, 0.2) is 0 Å². The van der Waals surface area contributed by atoms with Crippen LogP contribution in [0.3, 0.4) is 0 Å². The van der Waals surface area contributed by atoms with Gasteiger partial charge >= 0.3 is 5.97 Å². The summed E-state index contributed by atoms with van der Waals surface area (Å²) >= 11 is 0. The van der Waals surface area contributed by atoms with Crippen LogP contribution in [0.1, 0.15) is 32.8 Å². The monoisotopic (exact) mass is 406 g/mol. The Morgan fingerprint density at radius 2 is 1.66 bits per heavy atom. The molecule has 0 spiro atoms. The van der Waals surface area contributed by atoms with Gasteiger partial charge in [-0.3, -0.25) is 14.4 Å². The zero-order valence-corrected chi connectivity index (χ0v) is 17.0. The quantitative estimate of drug-likeness (QED) is 0.343. The van der Waals surface area contributed by atoms with E-state index in [1.165, 1.54) is 6.92 Å². The average Bonchev–Trinajstić information content (AvgIpc) is 2.69. The number of carbonyl (C=O) groups excluding carboxylic acids is 3. The summed E-state index contributed by atoms with van der Waals surface area (Å²) < 4.78 is 0. The summed E-state index contributed by atoms with van der Waals surface area (Å²) in [6.07, 6.45) is 0.739. The van der Waals surface area contributed by atoms with Crippen LogP contribution in [-0.4, -0.2) is 53.5 Å². The van der Waals surface area contributed by atoms with Gasteiger partial charge in [0.2, 0.25) is 17.7 Å². The molecule has 29 heavy (non-hydrogen) atoms. The number of carbonyl (C=O) groups is 4. The zero-order chi connectivity index (χ0) is 22.0. The molecule has 0 fully saturated rings. The Kier molecular flexibility index (Phi) is 9.81. The minimum atomic E-state index is -1.14. The van der Waals surface area contributed by atoms with Crippen molar-refractivity contribution >= 4 is 23.7 Å². The molecule has 0 aromatic heterocycles. The molecule has 4 atom stereocenters. The lowest BCUT2D eigenvalue weighted by atomic mass is 9.98. The molecule has 1 rings (SSSR count). The predicted molar refractivity (Wildman–Crippen MR) is 108 cm³/mol. The molecule has 3 amide bonds. The van der Waals surface area contributed by atoms with Gasteiger partial charge in [-0.15, -0.1) is 0 Å². The number of nitrogens with one attached hydrogen (secondary N) is 3. The average molecular weight is 406 g/mol. The third-order valence-electron chi connectivity index (χ3n) is 4.55. The fourth-order valence-electron chi connectivity index (χ4n) is 2.57. The second kappa shape index (κ2) is 11.8. The van der Waals surface area contributed by atoms with Crippen molar-refractivity contribution in [2.45, 2.75) is 51.7 Å². The fourth-order valence-corrected chi connectivity index (χ4v) is 2.57. The molecule has 0 radical (unpaired) electrons. The molecule has 160 valence electrons. The second-order valence-electron chi connectivity index (χ2n) is 7.03. The molecule has 0 heterocycles. The summed E-state index contributed by atoms with van der Waals surface area (Å²) in [5.74, 6) is -3.10. The summed E-state index contributed by atoms with van der Waals surface area (Å²) in [5.41, 5.74) is 6.23. The topological polar surface area (TPSA) is 151 Å². The third-order valence-corrected chi connectivity index (χ3v) is 4.55. The first-order valence-corrected chi connectivity index (χ1v) is 9.55. The molecular weight excluding hydrogens is 376 g/mol. The molecule has 9 heteroatoms. The van der Waals surface area contributed by atoms with Crippen LogP contribution < -0.4 is 21.7 Å². The normalized spacial score (nSPS) is 14.8. The zero-order valence-electron chi connectivity index (χ0n) is 17.0. The number of carboxylic acid groups (broad SMARTS) is 1. The highest BCUT2D eigenvalue weighted by Gasteiger charge is 2.29. The van der Waals surface area contributed by atoms with Crippen molar-refractivity contribution in [3.8, 4) is 0 Å². The highest BCUT2D eigenvalue weighted by molar-refractivity contribution is 5.92. The van der Waals surface area contributed by atoms with Gasteiger partial charge in [-0.05, 0) is 18.4 Å². The van der Waals surface area contributed by atoms with Crippen molar-refractivity contribution in [2.75, 3.05) is 6.54 Å². The van der Waals surface area contributed by atoms with E-state index in [9.17, 15) is 24.3 Å². The number of hydrogen-bond donors (Lipinski definition) is 5. The molecule has 0 aliphatic carbocycles. The van der Waals surface area contributed by atoms with Crippen molar-refractivity contribution in [1.82, 2.24) is 16.0 Å². The van der Waals surface area contributed by atoms with Gasteiger partial charge in [-0.25, -0.2) is 4.79 Å². The smallest absolute Gasteiger partial charge is 0.326 e. The maximum absolute atomic E-state index is 12.8. The van der Waals surface area contributed by atoms with Crippen molar-refractivity contribution in [3.63, 3.8) is 0 Å². The maximum Gasteiger partial charge on any atom is 0.326 e. The standard InChI is InChI=1S/C20H30N4O5/c1-4-12(2)17(20(28)29)24-19(27)15(10-14-8-6-5-7-9-14)23-16(25)11-22-18(26)13(3)21/h5-9,12-13,15,17H,4,10-11,21H2,1-3H3,(H,22,26)(H,23,25)(H,24,27)(H,28,29)/t12-,13+,15-,17-/m0/s1. The van der Waals surface area contributed by atoms with Crippen LogP contribution in [0.25, 0.3) is 0 Å². The fraction of sp³-hybridized carbons (Fsp3) is 0.500. The van der Waals surface area contributed by atoms with Crippen molar-refractivity contribution in [3.05, 3.63) is 35.9 Å². The Hall–Kier alpha value is -2.94. The minimum absolute atomic E-state index is 0.173. The highest BCUT2D eigenvalue weighted by Crippen LogP contribution is 2.10. The lowest BCUT2D eigenvalue weighted by Gasteiger charge is -2.24. The van der Waals surface area contributed by atoms with Gasteiger partial charge in [0.1, 0.15) is 12.1 Å². The van der Waals surface area contributed by atoms with E-state index < -0.39 is 41.8 Å². The lowest BCUT2D eigenvalue weighted by Crippen LogP contribution is -2.55. The Labute approximate surface area is 170 Å².